The summed E-state index contributed by atoms with van der Waals surface area (Å²) in [5.41, 5.74) is 0. The van der Waals surface area contributed by atoms with Gasteiger partial charge in [-0.15, -0.1) is 0 Å². The standard InChI is InChI=1S/C7H10F3NO3/c8-7(9,10)4-14-6(13)11-2-1-5(12)3-11/h5,12H,1-4H2. The van der Waals surface area contributed by atoms with E-state index in [9.17, 15) is 18.0 Å². The maximum atomic E-state index is 11.6. The van der Waals surface area contributed by atoms with E-state index in [1.54, 1.807) is 0 Å². The zero-order valence-electron chi connectivity index (χ0n) is 7.25. The number of carbonyl (C=O) groups is 1. The van der Waals surface area contributed by atoms with Gasteiger partial charge in [0.05, 0.1) is 6.10 Å². The Balaban J connectivity index is 2.29. The Hall–Kier alpha value is -0.980. The van der Waals surface area contributed by atoms with Crippen LogP contribution in [0.1, 0.15) is 6.42 Å². The van der Waals surface area contributed by atoms with Crippen molar-refractivity contribution in [2.75, 3.05) is 19.7 Å². The van der Waals surface area contributed by atoms with Crippen LogP contribution in [0.4, 0.5) is 18.0 Å². The molecule has 1 fully saturated rings. The molecule has 0 aromatic carbocycles. The average Bonchev–Trinajstić information content (AvgIpc) is 2.46. The third kappa shape index (κ3) is 3.41. The molecule has 1 aliphatic rings. The largest absolute Gasteiger partial charge is 0.440 e. The second kappa shape index (κ2) is 4.04. The van der Waals surface area contributed by atoms with Crippen LogP contribution in [0.5, 0.6) is 0 Å². The molecule has 1 amide bonds. The van der Waals surface area contributed by atoms with E-state index < -0.39 is 25.0 Å². The number of aliphatic hydroxyl groups excluding tert-OH is 1. The van der Waals surface area contributed by atoms with Crippen LogP contribution in [-0.2, 0) is 4.74 Å². The summed E-state index contributed by atoms with van der Waals surface area (Å²) < 4.78 is 38.9. The van der Waals surface area contributed by atoms with Crippen LogP contribution >= 0.6 is 0 Å². The van der Waals surface area contributed by atoms with Gasteiger partial charge < -0.3 is 14.7 Å². The van der Waals surface area contributed by atoms with Crippen LogP contribution in [-0.4, -0.2) is 48.1 Å². The molecule has 0 aliphatic carbocycles. The molecule has 0 aromatic heterocycles. The van der Waals surface area contributed by atoms with Gasteiger partial charge in [0.2, 0.25) is 0 Å². The molecule has 1 heterocycles. The van der Waals surface area contributed by atoms with Crippen molar-refractivity contribution in [1.29, 1.82) is 0 Å². The van der Waals surface area contributed by atoms with Crippen molar-refractivity contribution in [2.24, 2.45) is 0 Å². The molecule has 1 atom stereocenters. The number of carbonyl (C=O) groups excluding carboxylic acids is 1. The molecule has 1 N–H and O–H groups in total. The lowest BCUT2D eigenvalue weighted by Gasteiger charge is -2.15. The van der Waals surface area contributed by atoms with Crippen LogP contribution in [0, 0.1) is 0 Å². The molecule has 14 heavy (non-hydrogen) atoms. The zero-order valence-corrected chi connectivity index (χ0v) is 7.25. The van der Waals surface area contributed by atoms with Gasteiger partial charge in [-0.25, -0.2) is 4.79 Å². The summed E-state index contributed by atoms with van der Waals surface area (Å²) in [5, 5.41) is 9.00. The highest BCUT2D eigenvalue weighted by Crippen LogP contribution is 2.16. The third-order valence-electron chi connectivity index (χ3n) is 1.78. The summed E-state index contributed by atoms with van der Waals surface area (Å²) >= 11 is 0. The highest BCUT2D eigenvalue weighted by Gasteiger charge is 2.32. The number of hydrogen-bond donors (Lipinski definition) is 1. The maximum Gasteiger partial charge on any atom is 0.422 e. The van der Waals surface area contributed by atoms with Crippen molar-refractivity contribution in [3.63, 3.8) is 0 Å². The van der Waals surface area contributed by atoms with Gasteiger partial charge in [-0.2, -0.15) is 13.2 Å². The SMILES string of the molecule is O=C(OCC(F)(F)F)N1CCC(O)C1. The Labute approximate surface area is 78.2 Å². The van der Waals surface area contributed by atoms with E-state index in [4.69, 9.17) is 5.11 Å². The summed E-state index contributed by atoms with van der Waals surface area (Å²) in [7, 11) is 0. The first-order valence-electron chi connectivity index (χ1n) is 4.05. The molecule has 1 rings (SSSR count). The number of amides is 1. The summed E-state index contributed by atoms with van der Waals surface area (Å²) in [6.07, 6.45) is -5.82. The van der Waals surface area contributed by atoms with E-state index in [1.807, 2.05) is 0 Å². The van der Waals surface area contributed by atoms with E-state index >= 15 is 0 Å². The molecule has 82 valence electrons. The number of nitrogens with zero attached hydrogens (tertiary/aromatic N) is 1. The minimum atomic E-state index is -4.51. The van der Waals surface area contributed by atoms with Gasteiger partial charge in [0.15, 0.2) is 6.61 Å². The topological polar surface area (TPSA) is 49.8 Å². The molecule has 1 aliphatic heterocycles. The normalized spacial score (nSPS) is 22.6. The minimum absolute atomic E-state index is 0.0384. The van der Waals surface area contributed by atoms with E-state index in [1.165, 1.54) is 0 Å². The lowest BCUT2D eigenvalue weighted by atomic mass is 10.3. The molecule has 0 radical (unpaired) electrons. The maximum absolute atomic E-state index is 11.6. The quantitative estimate of drug-likeness (QED) is 0.699. The Bertz CT molecular complexity index is 219. The third-order valence-corrected chi connectivity index (χ3v) is 1.78. The van der Waals surface area contributed by atoms with Crippen molar-refractivity contribution in [3.8, 4) is 0 Å². The van der Waals surface area contributed by atoms with Crippen LogP contribution in [0.3, 0.4) is 0 Å². The van der Waals surface area contributed by atoms with Crippen LogP contribution in [0.25, 0.3) is 0 Å². The number of ether oxygens (including phenoxy) is 1. The number of aliphatic hydroxyl groups is 1. The first-order valence-corrected chi connectivity index (χ1v) is 4.05. The fourth-order valence-corrected chi connectivity index (χ4v) is 1.14. The van der Waals surface area contributed by atoms with Crippen molar-refractivity contribution in [3.05, 3.63) is 0 Å². The molecule has 4 nitrogen and oxygen atoms in total. The number of β-amino-alcohol motifs (C(OH)–C–C–N with tert-alkyl or cyclic N) is 1. The summed E-state index contributed by atoms with van der Waals surface area (Å²) in [6.45, 7) is -1.31. The summed E-state index contributed by atoms with van der Waals surface area (Å²) in [5.74, 6) is 0. The molecular weight excluding hydrogens is 203 g/mol. The summed E-state index contributed by atoms with van der Waals surface area (Å²) in [6, 6.07) is 0. The Morgan fingerprint density at radius 3 is 2.64 bits per heavy atom. The fraction of sp³-hybridized carbons (Fsp3) is 0.857. The first-order chi connectivity index (χ1) is 6.38. The Morgan fingerprint density at radius 1 is 1.57 bits per heavy atom. The Kier molecular flexibility index (Phi) is 3.20. The first kappa shape index (κ1) is 11.1. The Morgan fingerprint density at radius 2 is 2.21 bits per heavy atom. The smallest absolute Gasteiger partial charge is 0.422 e. The molecular formula is C7H10F3NO3. The lowest BCUT2D eigenvalue weighted by molar-refractivity contribution is -0.162. The van der Waals surface area contributed by atoms with E-state index in [2.05, 4.69) is 4.74 Å². The number of alkyl halides is 3. The predicted molar refractivity (Wildman–Crippen MR) is 39.6 cm³/mol. The van der Waals surface area contributed by atoms with E-state index in [0.717, 1.165) is 4.90 Å². The van der Waals surface area contributed by atoms with Gasteiger partial charge in [0.25, 0.3) is 0 Å². The highest BCUT2D eigenvalue weighted by atomic mass is 19.4. The number of hydrogen-bond acceptors (Lipinski definition) is 3. The van der Waals surface area contributed by atoms with Crippen molar-refractivity contribution in [2.45, 2.75) is 18.7 Å². The minimum Gasteiger partial charge on any atom is -0.440 e. The molecule has 7 heteroatoms. The van der Waals surface area contributed by atoms with Crippen LogP contribution in [0.15, 0.2) is 0 Å². The number of rotatable bonds is 1. The predicted octanol–water partition coefficient (Wildman–Crippen LogP) is 0.752. The van der Waals surface area contributed by atoms with E-state index in [0.29, 0.717) is 6.42 Å². The second-order valence-electron chi connectivity index (χ2n) is 3.06. The van der Waals surface area contributed by atoms with Gasteiger partial charge in [-0.1, -0.05) is 0 Å². The van der Waals surface area contributed by atoms with Crippen molar-refractivity contribution >= 4 is 6.09 Å². The van der Waals surface area contributed by atoms with Crippen molar-refractivity contribution < 1.29 is 27.8 Å². The van der Waals surface area contributed by atoms with Crippen LogP contribution < -0.4 is 0 Å². The zero-order chi connectivity index (χ0) is 10.8. The van der Waals surface area contributed by atoms with Gasteiger partial charge in [-0.05, 0) is 6.42 Å². The molecule has 0 saturated carbocycles. The molecule has 1 saturated heterocycles. The van der Waals surface area contributed by atoms with Gasteiger partial charge >= 0.3 is 12.3 Å². The van der Waals surface area contributed by atoms with Crippen LogP contribution in [0.2, 0.25) is 0 Å². The number of likely N-dealkylation sites (tertiary alicyclic amines) is 1. The second-order valence-corrected chi connectivity index (χ2v) is 3.06. The molecule has 1 unspecified atom stereocenters. The van der Waals surface area contributed by atoms with Crippen molar-refractivity contribution in [1.82, 2.24) is 4.90 Å². The van der Waals surface area contributed by atoms with Gasteiger partial charge in [0, 0.05) is 13.1 Å². The van der Waals surface area contributed by atoms with Gasteiger partial charge in [-0.3, -0.25) is 0 Å². The molecule has 0 bridgehead atoms. The van der Waals surface area contributed by atoms with E-state index in [-0.39, 0.29) is 13.1 Å². The fourth-order valence-electron chi connectivity index (χ4n) is 1.14. The summed E-state index contributed by atoms with van der Waals surface area (Å²) in [4.78, 5) is 12.0. The molecule has 0 aromatic rings. The molecule has 0 spiro atoms. The number of halogens is 3. The van der Waals surface area contributed by atoms with Gasteiger partial charge in [0.1, 0.15) is 0 Å². The average molecular weight is 213 g/mol. The highest BCUT2D eigenvalue weighted by molar-refractivity contribution is 5.68. The lowest BCUT2D eigenvalue weighted by Crippen LogP contribution is -2.32. The monoisotopic (exact) mass is 213 g/mol.